The van der Waals surface area contributed by atoms with Crippen LogP contribution in [0.5, 0.6) is 0 Å². The molecule has 0 bridgehead atoms. The summed E-state index contributed by atoms with van der Waals surface area (Å²) in [4.78, 5) is 14.1. The smallest absolute Gasteiger partial charge is 0.253 e. The third-order valence-corrected chi connectivity index (χ3v) is 2.51. The third-order valence-electron chi connectivity index (χ3n) is 1.24. The first-order valence-corrected chi connectivity index (χ1v) is 4.49. The van der Waals surface area contributed by atoms with Crippen LogP contribution in [0, 0.1) is 5.82 Å². The fraction of sp³-hybridized carbons (Fsp3) is 0. The van der Waals surface area contributed by atoms with Crippen LogP contribution in [0.2, 0.25) is 10.3 Å². The number of carbonyl (C=O) groups excluding carboxylic acids is 1. The first-order valence-electron chi connectivity index (χ1n) is 2.95. The molecule has 0 spiro atoms. The summed E-state index contributed by atoms with van der Waals surface area (Å²) in [5.41, 5.74) is 4.71. The highest BCUT2D eigenvalue weighted by Crippen LogP contribution is 2.29. The van der Waals surface area contributed by atoms with Crippen molar-refractivity contribution in [2.75, 3.05) is 0 Å². The standard InChI is InChI=1S/C6H2BrCl2FN2O/c7-2-1(6(11)13)4(8)12-5(9)3(2)10/h(H2,11,13). The van der Waals surface area contributed by atoms with E-state index in [9.17, 15) is 9.18 Å². The predicted molar refractivity (Wildman–Crippen MR) is 50.4 cm³/mol. The van der Waals surface area contributed by atoms with E-state index in [0.29, 0.717) is 0 Å². The second kappa shape index (κ2) is 3.77. The van der Waals surface area contributed by atoms with Crippen molar-refractivity contribution >= 4 is 45.0 Å². The molecule has 1 rings (SSSR count). The quantitative estimate of drug-likeness (QED) is 0.807. The average Bonchev–Trinajstić information content (AvgIpc) is 1.99. The highest BCUT2D eigenvalue weighted by atomic mass is 79.9. The molecule has 0 fully saturated rings. The number of hydrogen-bond acceptors (Lipinski definition) is 2. The van der Waals surface area contributed by atoms with Crippen LogP contribution >= 0.6 is 39.1 Å². The van der Waals surface area contributed by atoms with Gasteiger partial charge in [0.05, 0.1) is 10.0 Å². The van der Waals surface area contributed by atoms with Gasteiger partial charge in [0, 0.05) is 0 Å². The van der Waals surface area contributed by atoms with E-state index in [0.717, 1.165) is 0 Å². The molecule has 0 aliphatic rings. The Hall–Kier alpha value is -0.390. The predicted octanol–water partition coefficient (Wildman–Crippen LogP) is 2.39. The SMILES string of the molecule is NC(=O)c1c(Cl)nc(Cl)c(F)c1Br. The number of amides is 1. The van der Waals surface area contributed by atoms with Crippen LogP contribution in [-0.4, -0.2) is 10.9 Å². The molecule has 1 aromatic rings. The number of nitrogens with zero attached hydrogens (tertiary/aromatic N) is 1. The summed E-state index contributed by atoms with van der Waals surface area (Å²) in [5.74, 6) is -1.74. The summed E-state index contributed by atoms with van der Waals surface area (Å²) in [6, 6.07) is 0. The molecule has 0 radical (unpaired) electrons. The molecule has 0 aromatic carbocycles. The fourth-order valence-corrected chi connectivity index (χ4v) is 1.99. The lowest BCUT2D eigenvalue weighted by Crippen LogP contribution is -2.14. The van der Waals surface area contributed by atoms with E-state index in [1.165, 1.54) is 0 Å². The van der Waals surface area contributed by atoms with Gasteiger partial charge < -0.3 is 5.73 Å². The Labute approximate surface area is 91.2 Å². The summed E-state index contributed by atoms with van der Waals surface area (Å²) < 4.78 is 12.8. The highest BCUT2D eigenvalue weighted by molar-refractivity contribution is 9.10. The maximum absolute atomic E-state index is 13.0. The Morgan fingerprint density at radius 1 is 1.46 bits per heavy atom. The minimum atomic E-state index is -0.875. The molecule has 3 nitrogen and oxygen atoms in total. The second-order valence-corrected chi connectivity index (χ2v) is 3.57. The lowest BCUT2D eigenvalue weighted by Gasteiger charge is -2.04. The van der Waals surface area contributed by atoms with Crippen LogP contribution in [0.3, 0.4) is 0 Å². The van der Waals surface area contributed by atoms with Crippen molar-refractivity contribution in [2.24, 2.45) is 5.73 Å². The maximum atomic E-state index is 13.0. The van der Waals surface area contributed by atoms with Gasteiger partial charge in [0.25, 0.3) is 5.91 Å². The number of halogens is 4. The first-order chi connectivity index (χ1) is 5.95. The molecule has 70 valence electrons. The van der Waals surface area contributed by atoms with Gasteiger partial charge in [0.2, 0.25) is 0 Å². The molecular formula is C6H2BrCl2FN2O. The molecule has 0 unspecified atom stereocenters. The van der Waals surface area contributed by atoms with E-state index in [-0.39, 0.29) is 15.2 Å². The number of carbonyl (C=O) groups is 1. The van der Waals surface area contributed by atoms with Crippen molar-refractivity contribution in [2.45, 2.75) is 0 Å². The number of hydrogen-bond donors (Lipinski definition) is 1. The molecule has 0 saturated carbocycles. The minimum Gasteiger partial charge on any atom is -0.365 e. The number of primary amides is 1. The lowest BCUT2D eigenvalue weighted by molar-refractivity contribution is 0.0999. The second-order valence-electron chi connectivity index (χ2n) is 2.06. The number of nitrogens with two attached hydrogens (primary N) is 1. The van der Waals surface area contributed by atoms with E-state index < -0.39 is 16.9 Å². The normalized spacial score (nSPS) is 10.2. The van der Waals surface area contributed by atoms with Gasteiger partial charge in [-0.15, -0.1) is 0 Å². The summed E-state index contributed by atoms with van der Waals surface area (Å²) in [7, 11) is 0. The largest absolute Gasteiger partial charge is 0.365 e. The topological polar surface area (TPSA) is 56.0 Å². The molecule has 1 aromatic heterocycles. The summed E-state index contributed by atoms with van der Waals surface area (Å²) in [6.07, 6.45) is 0. The summed E-state index contributed by atoms with van der Waals surface area (Å²) >= 11 is 13.6. The molecular weight excluding hydrogens is 286 g/mol. The van der Waals surface area contributed by atoms with Crippen molar-refractivity contribution in [3.8, 4) is 0 Å². The molecule has 0 saturated heterocycles. The Morgan fingerprint density at radius 3 is 2.46 bits per heavy atom. The van der Waals surface area contributed by atoms with Crippen LogP contribution < -0.4 is 5.73 Å². The zero-order chi connectivity index (χ0) is 10.2. The fourth-order valence-electron chi connectivity index (χ4n) is 0.692. The molecule has 1 amide bonds. The third kappa shape index (κ3) is 1.92. The Balaban J connectivity index is 3.53. The summed E-state index contributed by atoms with van der Waals surface area (Å²) in [5, 5.41) is -0.646. The maximum Gasteiger partial charge on any atom is 0.253 e. The van der Waals surface area contributed by atoms with E-state index in [1.807, 2.05) is 0 Å². The molecule has 0 aliphatic heterocycles. The monoisotopic (exact) mass is 286 g/mol. The zero-order valence-electron chi connectivity index (χ0n) is 5.94. The van der Waals surface area contributed by atoms with Gasteiger partial charge in [-0.05, 0) is 15.9 Å². The van der Waals surface area contributed by atoms with Crippen LogP contribution in [0.4, 0.5) is 4.39 Å². The van der Waals surface area contributed by atoms with E-state index >= 15 is 0 Å². The van der Waals surface area contributed by atoms with Crippen molar-refractivity contribution in [1.82, 2.24) is 4.98 Å². The van der Waals surface area contributed by atoms with Gasteiger partial charge in [-0.3, -0.25) is 4.79 Å². The Morgan fingerprint density at radius 2 is 2.00 bits per heavy atom. The highest BCUT2D eigenvalue weighted by Gasteiger charge is 2.19. The Kier molecular flexibility index (Phi) is 3.10. The number of rotatable bonds is 1. The van der Waals surface area contributed by atoms with Crippen molar-refractivity contribution in [1.29, 1.82) is 0 Å². The van der Waals surface area contributed by atoms with E-state index in [2.05, 4.69) is 20.9 Å². The molecule has 0 aliphatic carbocycles. The average molecular weight is 288 g/mol. The molecule has 1 heterocycles. The van der Waals surface area contributed by atoms with Gasteiger partial charge >= 0.3 is 0 Å². The lowest BCUT2D eigenvalue weighted by atomic mass is 10.3. The number of pyridine rings is 1. The number of aromatic nitrogens is 1. The van der Waals surface area contributed by atoms with E-state index in [1.54, 1.807) is 0 Å². The Bertz CT molecular complexity index is 385. The zero-order valence-corrected chi connectivity index (χ0v) is 9.04. The van der Waals surface area contributed by atoms with Crippen LogP contribution in [-0.2, 0) is 0 Å². The van der Waals surface area contributed by atoms with Gasteiger partial charge in [-0.2, -0.15) is 0 Å². The van der Waals surface area contributed by atoms with Crippen molar-refractivity contribution in [3.63, 3.8) is 0 Å². The van der Waals surface area contributed by atoms with E-state index in [4.69, 9.17) is 28.9 Å². The molecule has 7 heteroatoms. The molecule has 0 atom stereocenters. The minimum absolute atomic E-state index is 0.176. The van der Waals surface area contributed by atoms with Crippen molar-refractivity contribution < 1.29 is 9.18 Å². The molecule has 2 N–H and O–H groups in total. The summed E-state index contributed by atoms with van der Waals surface area (Å²) in [6.45, 7) is 0. The first kappa shape index (κ1) is 10.7. The van der Waals surface area contributed by atoms with Gasteiger partial charge in [0.1, 0.15) is 5.15 Å². The van der Waals surface area contributed by atoms with Crippen molar-refractivity contribution in [3.05, 3.63) is 26.2 Å². The van der Waals surface area contributed by atoms with Gasteiger partial charge in [-0.1, -0.05) is 23.2 Å². The van der Waals surface area contributed by atoms with Crippen LogP contribution in [0.15, 0.2) is 4.47 Å². The van der Waals surface area contributed by atoms with Crippen LogP contribution in [0.1, 0.15) is 10.4 Å². The van der Waals surface area contributed by atoms with Crippen LogP contribution in [0.25, 0.3) is 0 Å². The van der Waals surface area contributed by atoms with Gasteiger partial charge in [0.15, 0.2) is 11.0 Å². The van der Waals surface area contributed by atoms with Gasteiger partial charge in [-0.25, -0.2) is 9.37 Å². The molecule has 13 heavy (non-hydrogen) atoms.